The zero-order chi connectivity index (χ0) is 21.3. The van der Waals surface area contributed by atoms with Gasteiger partial charge in [0.25, 0.3) is 0 Å². The summed E-state index contributed by atoms with van der Waals surface area (Å²) in [6, 6.07) is 8.09. The van der Waals surface area contributed by atoms with E-state index < -0.39 is 5.97 Å². The number of aromatic carboxylic acids is 1. The van der Waals surface area contributed by atoms with Crippen LogP contribution in [-0.4, -0.2) is 54.4 Å². The van der Waals surface area contributed by atoms with Crippen LogP contribution in [0.1, 0.15) is 21.5 Å². The molecule has 0 saturated carbocycles. The third-order valence-corrected chi connectivity index (χ3v) is 5.40. The van der Waals surface area contributed by atoms with Gasteiger partial charge < -0.3 is 19.6 Å². The monoisotopic (exact) mass is 410 g/mol. The Morgan fingerprint density at radius 2 is 2.07 bits per heavy atom. The molecule has 1 aliphatic heterocycles. The van der Waals surface area contributed by atoms with Crippen molar-refractivity contribution in [3.63, 3.8) is 0 Å². The zero-order valence-electron chi connectivity index (χ0n) is 16.9. The molecule has 0 unspecified atom stereocenters. The van der Waals surface area contributed by atoms with Gasteiger partial charge in [-0.05, 0) is 36.2 Å². The van der Waals surface area contributed by atoms with Crippen molar-refractivity contribution >= 4 is 28.5 Å². The summed E-state index contributed by atoms with van der Waals surface area (Å²) in [5, 5.41) is 9.54. The Labute approximate surface area is 173 Å². The molecule has 0 amide bonds. The largest absolute Gasteiger partial charge is 0.478 e. The van der Waals surface area contributed by atoms with Crippen molar-refractivity contribution in [2.24, 2.45) is 0 Å². The van der Waals surface area contributed by atoms with Gasteiger partial charge in [0, 0.05) is 26.7 Å². The lowest BCUT2D eigenvalue weighted by molar-refractivity contribution is 0.0697. The molecule has 0 atom stereocenters. The average molecular weight is 410 g/mol. The maximum absolute atomic E-state index is 14.0. The lowest BCUT2D eigenvalue weighted by Gasteiger charge is -2.28. The summed E-state index contributed by atoms with van der Waals surface area (Å²) in [6.45, 7) is 4.85. The second-order valence-corrected chi connectivity index (χ2v) is 7.38. The molecule has 0 radical (unpaired) electrons. The van der Waals surface area contributed by atoms with E-state index in [1.165, 1.54) is 12.1 Å². The number of fused-ring (bicyclic) bond motifs is 1. The standard InChI is InChI=1S/C22H23FN4O3/c1-14-15(4-3-5-17(14)23)13-26(2)19-11-16(22(28)29)10-18-21(19)25-20(12-24-18)27-6-8-30-9-7-27/h3-5,10-12H,6-9,13H2,1-2H3,(H,28,29). The Morgan fingerprint density at radius 3 is 2.80 bits per heavy atom. The van der Waals surface area contributed by atoms with Crippen molar-refractivity contribution in [1.29, 1.82) is 0 Å². The lowest BCUT2D eigenvalue weighted by atomic mass is 10.1. The molecule has 2 heterocycles. The first-order valence-electron chi connectivity index (χ1n) is 9.76. The molecule has 4 rings (SSSR count). The number of rotatable bonds is 5. The van der Waals surface area contributed by atoms with Crippen LogP contribution in [0.5, 0.6) is 0 Å². The zero-order valence-corrected chi connectivity index (χ0v) is 16.9. The number of hydrogen-bond acceptors (Lipinski definition) is 6. The number of carboxylic acid groups (broad SMARTS) is 1. The molecule has 2 aromatic carbocycles. The molecule has 30 heavy (non-hydrogen) atoms. The lowest BCUT2D eigenvalue weighted by Crippen LogP contribution is -2.36. The minimum Gasteiger partial charge on any atom is -0.478 e. The summed E-state index contributed by atoms with van der Waals surface area (Å²) in [6.07, 6.45) is 1.67. The van der Waals surface area contributed by atoms with Gasteiger partial charge in [0.05, 0.1) is 36.2 Å². The molecular weight excluding hydrogens is 387 g/mol. The van der Waals surface area contributed by atoms with Crippen LogP contribution in [0.2, 0.25) is 0 Å². The molecule has 1 aliphatic rings. The third-order valence-electron chi connectivity index (χ3n) is 5.40. The van der Waals surface area contributed by atoms with Gasteiger partial charge in [-0.3, -0.25) is 4.98 Å². The molecule has 1 fully saturated rings. The molecule has 0 spiro atoms. The topological polar surface area (TPSA) is 78.8 Å². The first kappa shape index (κ1) is 20.0. The number of ether oxygens (including phenoxy) is 1. The van der Waals surface area contributed by atoms with E-state index in [1.807, 2.05) is 18.0 Å². The quantitative estimate of drug-likeness (QED) is 0.692. The normalized spacial score (nSPS) is 14.2. The Bertz CT molecular complexity index is 1100. The SMILES string of the molecule is Cc1c(F)cccc1CN(C)c1cc(C(=O)O)cc2ncc(N3CCOCC3)nc12. The first-order valence-corrected chi connectivity index (χ1v) is 9.76. The number of benzene rings is 2. The Morgan fingerprint density at radius 1 is 1.30 bits per heavy atom. The van der Waals surface area contributed by atoms with Gasteiger partial charge in [-0.15, -0.1) is 0 Å². The molecule has 8 heteroatoms. The van der Waals surface area contributed by atoms with Gasteiger partial charge in [0.15, 0.2) is 0 Å². The van der Waals surface area contributed by atoms with Crippen molar-refractivity contribution < 1.29 is 19.0 Å². The highest BCUT2D eigenvalue weighted by Gasteiger charge is 2.19. The highest BCUT2D eigenvalue weighted by Crippen LogP contribution is 2.29. The van der Waals surface area contributed by atoms with Gasteiger partial charge in [-0.2, -0.15) is 0 Å². The maximum Gasteiger partial charge on any atom is 0.335 e. The Balaban J connectivity index is 1.78. The van der Waals surface area contributed by atoms with E-state index in [1.54, 1.807) is 25.3 Å². The Kier molecular flexibility index (Phi) is 5.50. The molecule has 1 aromatic heterocycles. The van der Waals surface area contributed by atoms with E-state index in [-0.39, 0.29) is 11.4 Å². The van der Waals surface area contributed by atoms with E-state index in [0.29, 0.717) is 42.0 Å². The fraction of sp³-hybridized carbons (Fsp3) is 0.318. The number of carboxylic acids is 1. The van der Waals surface area contributed by atoms with E-state index in [4.69, 9.17) is 9.72 Å². The van der Waals surface area contributed by atoms with Crippen LogP contribution in [0.4, 0.5) is 15.9 Å². The highest BCUT2D eigenvalue weighted by molar-refractivity contribution is 5.98. The van der Waals surface area contributed by atoms with Crippen LogP contribution in [0, 0.1) is 12.7 Å². The minimum atomic E-state index is -1.03. The Hall–Kier alpha value is -3.26. The number of aromatic nitrogens is 2. The van der Waals surface area contributed by atoms with Crippen molar-refractivity contribution in [3.8, 4) is 0 Å². The van der Waals surface area contributed by atoms with E-state index in [9.17, 15) is 14.3 Å². The molecule has 1 N–H and O–H groups in total. The van der Waals surface area contributed by atoms with E-state index in [0.717, 1.165) is 24.5 Å². The predicted molar refractivity (Wildman–Crippen MR) is 113 cm³/mol. The van der Waals surface area contributed by atoms with Gasteiger partial charge in [0.1, 0.15) is 17.2 Å². The fourth-order valence-electron chi connectivity index (χ4n) is 3.61. The number of carbonyl (C=O) groups is 1. The fourth-order valence-corrected chi connectivity index (χ4v) is 3.61. The number of hydrogen-bond donors (Lipinski definition) is 1. The van der Waals surface area contributed by atoms with Crippen molar-refractivity contribution in [2.75, 3.05) is 43.2 Å². The molecule has 0 aliphatic carbocycles. The van der Waals surface area contributed by atoms with Crippen LogP contribution in [-0.2, 0) is 11.3 Å². The summed E-state index contributed by atoms with van der Waals surface area (Å²) < 4.78 is 19.4. The highest BCUT2D eigenvalue weighted by atomic mass is 19.1. The second-order valence-electron chi connectivity index (χ2n) is 7.38. The van der Waals surface area contributed by atoms with Gasteiger partial charge in [-0.25, -0.2) is 14.2 Å². The van der Waals surface area contributed by atoms with Crippen LogP contribution >= 0.6 is 0 Å². The summed E-state index contributed by atoms with van der Waals surface area (Å²) in [5.41, 5.74) is 3.28. The average Bonchev–Trinajstić information content (AvgIpc) is 2.76. The molecule has 3 aromatic rings. The number of morpholine rings is 1. The summed E-state index contributed by atoms with van der Waals surface area (Å²) in [5.74, 6) is -0.572. The molecule has 156 valence electrons. The van der Waals surface area contributed by atoms with Crippen LogP contribution in [0.25, 0.3) is 11.0 Å². The van der Waals surface area contributed by atoms with Gasteiger partial charge in [-0.1, -0.05) is 12.1 Å². The predicted octanol–water partition coefficient (Wildman–Crippen LogP) is 3.25. The molecular formula is C22H23FN4O3. The maximum atomic E-state index is 14.0. The summed E-state index contributed by atoms with van der Waals surface area (Å²) >= 11 is 0. The van der Waals surface area contributed by atoms with Crippen molar-refractivity contribution in [3.05, 3.63) is 59.0 Å². The van der Waals surface area contributed by atoms with E-state index >= 15 is 0 Å². The van der Waals surface area contributed by atoms with Crippen LogP contribution in [0.3, 0.4) is 0 Å². The first-order chi connectivity index (χ1) is 14.4. The molecule has 1 saturated heterocycles. The van der Waals surface area contributed by atoms with Crippen molar-refractivity contribution in [2.45, 2.75) is 13.5 Å². The van der Waals surface area contributed by atoms with Gasteiger partial charge in [0.2, 0.25) is 0 Å². The van der Waals surface area contributed by atoms with Gasteiger partial charge >= 0.3 is 5.97 Å². The van der Waals surface area contributed by atoms with Crippen LogP contribution < -0.4 is 9.80 Å². The minimum absolute atomic E-state index is 0.133. The molecule has 0 bridgehead atoms. The molecule has 7 nitrogen and oxygen atoms in total. The third kappa shape index (κ3) is 3.91. The smallest absolute Gasteiger partial charge is 0.335 e. The second kappa shape index (κ2) is 8.23. The van der Waals surface area contributed by atoms with Crippen LogP contribution in [0.15, 0.2) is 36.5 Å². The summed E-state index contributed by atoms with van der Waals surface area (Å²) in [4.78, 5) is 24.9. The van der Waals surface area contributed by atoms with E-state index in [2.05, 4.69) is 9.88 Å². The van der Waals surface area contributed by atoms with Crippen molar-refractivity contribution in [1.82, 2.24) is 9.97 Å². The number of anilines is 2. The summed E-state index contributed by atoms with van der Waals surface area (Å²) in [7, 11) is 1.84. The number of halogens is 1. The number of nitrogens with zero attached hydrogens (tertiary/aromatic N) is 4.